The van der Waals surface area contributed by atoms with Crippen LogP contribution in [0.3, 0.4) is 0 Å². The van der Waals surface area contributed by atoms with Crippen molar-refractivity contribution in [1.82, 2.24) is 25.8 Å². The quantitative estimate of drug-likeness (QED) is 0.332. The molecular weight excluding hydrogens is 494 g/mol. The van der Waals surface area contributed by atoms with Gasteiger partial charge in [0.25, 0.3) is 0 Å². The monoisotopic (exact) mass is 525 g/mol. The summed E-state index contributed by atoms with van der Waals surface area (Å²) < 4.78 is 11.3. The number of aliphatic hydroxyl groups is 1. The molecule has 3 heterocycles. The largest absolute Gasteiger partial charge is 0.491 e. The lowest BCUT2D eigenvalue weighted by Crippen LogP contribution is -2.29. The molecule has 1 aliphatic heterocycles. The van der Waals surface area contributed by atoms with Crippen LogP contribution in [-0.4, -0.2) is 72.4 Å². The second-order valence-corrected chi connectivity index (χ2v) is 9.41. The molecule has 4 rings (SSSR count). The highest BCUT2D eigenvalue weighted by atomic mass is 35.5. The SMILES string of the molecule is CN/C=C1/CN(c2nc(-c3cc(OC[C@H](O)CNC)ccc3Cl)nc(-c3c(C)noc3C)c2C)CC1=N. The van der Waals surface area contributed by atoms with Gasteiger partial charge < -0.3 is 35.3 Å². The normalized spacial score (nSPS) is 15.5. The van der Waals surface area contributed by atoms with Crippen LogP contribution in [-0.2, 0) is 0 Å². The van der Waals surface area contributed by atoms with Crippen LogP contribution in [0.15, 0.2) is 34.5 Å². The first kappa shape index (κ1) is 26.6. The van der Waals surface area contributed by atoms with Crippen LogP contribution in [0.25, 0.3) is 22.6 Å². The number of rotatable bonds is 9. The van der Waals surface area contributed by atoms with E-state index in [1.165, 1.54) is 0 Å². The third-order valence-electron chi connectivity index (χ3n) is 6.17. The van der Waals surface area contributed by atoms with E-state index >= 15 is 0 Å². The van der Waals surface area contributed by atoms with Crippen molar-refractivity contribution in [3.8, 4) is 28.4 Å². The number of benzene rings is 1. The van der Waals surface area contributed by atoms with Gasteiger partial charge in [0.1, 0.15) is 30.0 Å². The molecule has 37 heavy (non-hydrogen) atoms. The van der Waals surface area contributed by atoms with Gasteiger partial charge in [0, 0.05) is 43.0 Å². The molecule has 0 radical (unpaired) electrons. The molecular formula is C26H32ClN7O3. The van der Waals surface area contributed by atoms with E-state index in [1.54, 1.807) is 25.2 Å². The molecule has 1 aliphatic rings. The van der Waals surface area contributed by atoms with E-state index in [0.717, 1.165) is 22.4 Å². The van der Waals surface area contributed by atoms with Gasteiger partial charge in [0.15, 0.2) is 5.82 Å². The molecule has 11 heteroatoms. The number of hydrogen-bond donors (Lipinski definition) is 4. The third-order valence-corrected chi connectivity index (χ3v) is 6.50. The van der Waals surface area contributed by atoms with Gasteiger partial charge in [-0.15, -0.1) is 0 Å². The van der Waals surface area contributed by atoms with E-state index in [0.29, 0.717) is 64.8 Å². The Kier molecular flexibility index (Phi) is 8.11. The minimum Gasteiger partial charge on any atom is -0.491 e. The number of aliphatic hydroxyl groups excluding tert-OH is 1. The zero-order valence-corrected chi connectivity index (χ0v) is 22.4. The smallest absolute Gasteiger partial charge is 0.163 e. The predicted molar refractivity (Wildman–Crippen MR) is 145 cm³/mol. The van der Waals surface area contributed by atoms with E-state index in [-0.39, 0.29) is 6.61 Å². The highest BCUT2D eigenvalue weighted by Gasteiger charge is 2.28. The van der Waals surface area contributed by atoms with E-state index < -0.39 is 6.10 Å². The molecule has 3 aromatic rings. The number of hydrogen-bond acceptors (Lipinski definition) is 10. The van der Waals surface area contributed by atoms with Crippen LogP contribution in [0, 0.1) is 26.2 Å². The summed E-state index contributed by atoms with van der Waals surface area (Å²) in [4.78, 5) is 11.9. The minimum atomic E-state index is -0.650. The van der Waals surface area contributed by atoms with Gasteiger partial charge in [0.2, 0.25) is 0 Å². The predicted octanol–water partition coefficient (Wildman–Crippen LogP) is 3.28. The Bertz CT molecular complexity index is 1320. The summed E-state index contributed by atoms with van der Waals surface area (Å²) in [6.45, 7) is 7.21. The van der Waals surface area contributed by atoms with Gasteiger partial charge in [-0.05, 0) is 46.0 Å². The standard InChI is InChI=1S/C26H32ClN7O3/c1-14-24(23-15(2)33-37-16(23)3)31-25(32-26(14)34-11-17(9-29-4)22(28)12-34)20-8-19(6-7-21(20)27)36-13-18(35)10-30-5/h6-9,18,28-30,35H,10-13H2,1-5H3/b17-9-,28-22?/t18-/m1/s1. The molecule has 1 atom stereocenters. The lowest BCUT2D eigenvalue weighted by atomic mass is 10.0. The molecule has 196 valence electrons. The number of nitrogens with one attached hydrogen (secondary N) is 3. The molecule has 0 unspecified atom stereocenters. The third kappa shape index (κ3) is 5.61. The number of ether oxygens (including phenoxy) is 1. The molecule has 0 bridgehead atoms. The van der Waals surface area contributed by atoms with Crippen molar-refractivity contribution in [1.29, 1.82) is 5.41 Å². The number of anilines is 1. The Morgan fingerprint density at radius 3 is 2.70 bits per heavy atom. The molecule has 1 fully saturated rings. The van der Waals surface area contributed by atoms with Crippen LogP contribution < -0.4 is 20.3 Å². The second kappa shape index (κ2) is 11.3. The summed E-state index contributed by atoms with van der Waals surface area (Å²) >= 11 is 6.63. The molecule has 0 aliphatic carbocycles. The molecule has 0 spiro atoms. The van der Waals surface area contributed by atoms with Gasteiger partial charge in [0.05, 0.1) is 34.2 Å². The molecule has 1 saturated heterocycles. The topological polar surface area (TPSA) is 132 Å². The van der Waals surface area contributed by atoms with E-state index in [4.69, 9.17) is 36.2 Å². The number of aromatic nitrogens is 3. The maximum Gasteiger partial charge on any atom is 0.163 e. The number of likely N-dealkylation sites (N-methyl/N-ethyl adjacent to an activating group) is 1. The molecule has 0 saturated carbocycles. The van der Waals surface area contributed by atoms with Gasteiger partial charge in [-0.1, -0.05) is 16.8 Å². The fourth-order valence-corrected chi connectivity index (χ4v) is 4.56. The van der Waals surface area contributed by atoms with Crippen LogP contribution >= 0.6 is 11.6 Å². The van der Waals surface area contributed by atoms with Crippen LogP contribution in [0.4, 0.5) is 5.82 Å². The summed E-state index contributed by atoms with van der Waals surface area (Å²) in [5.74, 6) is 2.32. The average Bonchev–Trinajstić information content (AvgIpc) is 3.40. The highest BCUT2D eigenvalue weighted by Crippen LogP contribution is 2.37. The van der Waals surface area contributed by atoms with Crippen LogP contribution in [0.5, 0.6) is 5.75 Å². The minimum absolute atomic E-state index is 0.128. The number of aryl methyl sites for hydroxylation is 2. The Labute approximate surface area is 221 Å². The Balaban J connectivity index is 1.82. The Morgan fingerprint density at radius 1 is 1.24 bits per heavy atom. The average molecular weight is 526 g/mol. The Morgan fingerprint density at radius 2 is 2.03 bits per heavy atom. The first-order chi connectivity index (χ1) is 17.7. The summed E-state index contributed by atoms with van der Waals surface area (Å²) in [5, 5.41) is 29.0. The lowest BCUT2D eigenvalue weighted by Gasteiger charge is -2.21. The molecule has 1 aromatic carbocycles. The van der Waals surface area contributed by atoms with E-state index in [2.05, 4.69) is 20.7 Å². The molecule has 0 amide bonds. The summed E-state index contributed by atoms with van der Waals surface area (Å²) in [6, 6.07) is 5.26. The van der Waals surface area contributed by atoms with Crippen molar-refractivity contribution in [2.75, 3.05) is 45.2 Å². The summed E-state index contributed by atoms with van der Waals surface area (Å²) in [5.41, 5.74) is 5.10. The second-order valence-electron chi connectivity index (χ2n) is 9.00. The van der Waals surface area contributed by atoms with Crippen molar-refractivity contribution in [3.05, 3.63) is 52.0 Å². The maximum absolute atomic E-state index is 10.0. The first-order valence-electron chi connectivity index (χ1n) is 12.0. The molecule has 4 N–H and O–H groups in total. The summed E-state index contributed by atoms with van der Waals surface area (Å²) in [7, 11) is 3.59. The van der Waals surface area contributed by atoms with Crippen molar-refractivity contribution in [3.63, 3.8) is 0 Å². The summed E-state index contributed by atoms with van der Waals surface area (Å²) in [6.07, 6.45) is 1.19. The van der Waals surface area contributed by atoms with Crippen molar-refractivity contribution >= 4 is 23.1 Å². The van der Waals surface area contributed by atoms with Crippen molar-refractivity contribution in [2.24, 2.45) is 0 Å². The zero-order valence-electron chi connectivity index (χ0n) is 21.6. The fourth-order valence-electron chi connectivity index (χ4n) is 4.36. The van der Waals surface area contributed by atoms with Crippen LogP contribution in [0.1, 0.15) is 17.0 Å². The first-order valence-corrected chi connectivity index (χ1v) is 12.4. The Hall–Kier alpha value is -3.47. The van der Waals surface area contributed by atoms with Gasteiger partial charge in [-0.2, -0.15) is 0 Å². The van der Waals surface area contributed by atoms with Gasteiger partial charge >= 0.3 is 0 Å². The van der Waals surface area contributed by atoms with Gasteiger partial charge in [-0.3, -0.25) is 0 Å². The lowest BCUT2D eigenvalue weighted by molar-refractivity contribution is 0.108. The fraction of sp³-hybridized carbons (Fsp3) is 0.385. The van der Waals surface area contributed by atoms with Crippen LogP contribution in [0.2, 0.25) is 5.02 Å². The highest BCUT2D eigenvalue weighted by molar-refractivity contribution is 6.33. The molecule has 10 nitrogen and oxygen atoms in total. The van der Waals surface area contributed by atoms with E-state index in [1.807, 2.05) is 34.0 Å². The van der Waals surface area contributed by atoms with Gasteiger partial charge in [-0.25, -0.2) is 9.97 Å². The van der Waals surface area contributed by atoms with E-state index in [9.17, 15) is 5.11 Å². The zero-order chi connectivity index (χ0) is 26.7. The van der Waals surface area contributed by atoms with Crippen molar-refractivity contribution in [2.45, 2.75) is 26.9 Å². The number of halogens is 1. The maximum atomic E-state index is 10.0. The number of nitrogens with zero attached hydrogens (tertiary/aromatic N) is 4. The molecule has 2 aromatic heterocycles. The van der Waals surface area contributed by atoms with Crippen molar-refractivity contribution < 1.29 is 14.4 Å².